The number of phenolic OH excluding ortho intramolecular Hbond substituents is 1. The van der Waals surface area contributed by atoms with Crippen LogP contribution in [0.2, 0.25) is 0 Å². The van der Waals surface area contributed by atoms with Crippen molar-refractivity contribution >= 4 is 33.9 Å². The van der Waals surface area contributed by atoms with E-state index in [0.717, 1.165) is 66.8 Å². The van der Waals surface area contributed by atoms with Crippen molar-refractivity contribution in [2.24, 2.45) is 5.92 Å². The van der Waals surface area contributed by atoms with E-state index in [1.165, 1.54) is 88.8 Å². The number of rotatable bonds is 23. The monoisotopic (exact) mass is 800 g/mol. The average Bonchev–Trinajstić information content (AvgIpc) is 3.17. The van der Waals surface area contributed by atoms with Crippen LogP contribution in [0, 0.1) is 19.8 Å². The van der Waals surface area contributed by atoms with Crippen LogP contribution >= 0.6 is 0 Å². The van der Waals surface area contributed by atoms with Crippen molar-refractivity contribution < 1.29 is 33.4 Å². The molecular weight excluding hydrogens is 733 g/mol. The number of hydrogen-bond donors (Lipinski definition) is 2. The van der Waals surface area contributed by atoms with Crippen molar-refractivity contribution in [3.05, 3.63) is 105 Å². The van der Waals surface area contributed by atoms with E-state index in [1.807, 2.05) is 32.9 Å². The van der Waals surface area contributed by atoms with E-state index < -0.39 is 17.2 Å². The number of carboxylic acids is 1. The van der Waals surface area contributed by atoms with Gasteiger partial charge in [-0.25, -0.2) is 9.59 Å². The quantitative estimate of drug-likeness (QED) is 0.0246. The number of hydrogen-bond acceptors (Lipinski definition) is 8. The van der Waals surface area contributed by atoms with Crippen LogP contribution in [0.4, 0.5) is 0 Å². The molecule has 0 radical (unpaired) electrons. The molecular formula is C49H68O9. The van der Waals surface area contributed by atoms with Gasteiger partial charge in [0.1, 0.15) is 22.7 Å². The SMILES string of the molecule is C/C=C\CCCCCCCC(=O)O.CCCCCCCC/C=C\C(CCCCCC)C(=O)Oc1ccc2c(C)cc(=O)oc2c1.Cc1cc(=O)oc2cc(O)ccc12. The van der Waals surface area contributed by atoms with Crippen molar-refractivity contribution in [2.75, 3.05) is 0 Å². The van der Waals surface area contributed by atoms with Crippen molar-refractivity contribution in [3.8, 4) is 11.5 Å². The highest BCUT2D eigenvalue weighted by molar-refractivity contribution is 5.83. The molecule has 4 aromatic rings. The maximum atomic E-state index is 12.9. The van der Waals surface area contributed by atoms with Crippen LogP contribution in [0.1, 0.15) is 154 Å². The predicted molar refractivity (Wildman–Crippen MR) is 236 cm³/mol. The van der Waals surface area contributed by atoms with Crippen LogP contribution in [0.15, 0.2) is 91.3 Å². The summed E-state index contributed by atoms with van der Waals surface area (Å²) in [7, 11) is 0. The maximum absolute atomic E-state index is 12.9. The number of carboxylic acid groups (broad SMARTS) is 1. The lowest BCUT2D eigenvalue weighted by molar-refractivity contribution is -0.138. The summed E-state index contributed by atoms with van der Waals surface area (Å²) >= 11 is 0. The molecule has 1 atom stereocenters. The molecule has 4 rings (SSSR count). The molecule has 0 fully saturated rings. The lowest BCUT2D eigenvalue weighted by Gasteiger charge is -2.13. The molecule has 0 amide bonds. The smallest absolute Gasteiger partial charge is 0.336 e. The minimum atomic E-state index is -0.672. The topological polar surface area (TPSA) is 144 Å². The Hall–Kier alpha value is -4.92. The number of unbranched alkanes of at least 4 members (excludes halogenated alkanes) is 14. The normalized spacial score (nSPS) is 11.7. The first-order valence-electron chi connectivity index (χ1n) is 21.5. The second-order valence-electron chi connectivity index (χ2n) is 15.0. The maximum Gasteiger partial charge on any atom is 0.336 e. The molecule has 2 heterocycles. The van der Waals surface area contributed by atoms with E-state index >= 15 is 0 Å². The van der Waals surface area contributed by atoms with E-state index in [2.05, 4.69) is 32.1 Å². The lowest BCUT2D eigenvalue weighted by atomic mass is 9.99. The van der Waals surface area contributed by atoms with E-state index in [9.17, 15) is 19.2 Å². The van der Waals surface area contributed by atoms with Gasteiger partial charge < -0.3 is 23.8 Å². The lowest BCUT2D eigenvalue weighted by Crippen LogP contribution is -2.19. The van der Waals surface area contributed by atoms with E-state index in [4.69, 9.17) is 23.8 Å². The zero-order chi connectivity index (χ0) is 42.5. The Morgan fingerprint density at radius 1 is 0.672 bits per heavy atom. The molecule has 0 aliphatic carbocycles. The van der Waals surface area contributed by atoms with Gasteiger partial charge in [-0.2, -0.15) is 0 Å². The fourth-order valence-electron chi connectivity index (χ4n) is 6.50. The highest BCUT2D eigenvalue weighted by Crippen LogP contribution is 2.25. The van der Waals surface area contributed by atoms with Gasteiger partial charge in [0.15, 0.2) is 0 Å². The molecule has 9 nitrogen and oxygen atoms in total. The second-order valence-corrected chi connectivity index (χ2v) is 15.0. The van der Waals surface area contributed by atoms with Crippen LogP contribution in [-0.2, 0) is 9.59 Å². The molecule has 0 saturated carbocycles. The molecule has 0 bridgehead atoms. The number of aliphatic carboxylic acids is 1. The molecule has 9 heteroatoms. The predicted octanol–water partition coefficient (Wildman–Crippen LogP) is 13.1. The molecule has 1 unspecified atom stereocenters. The Bertz CT molecular complexity index is 1970. The largest absolute Gasteiger partial charge is 0.508 e. The van der Waals surface area contributed by atoms with Gasteiger partial charge in [-0.05, 0) is 94.7 Å². The summed E-state index contributed by atoms with van der Waals surface area (Å²) < 4.78 is 15.9. The third-order valence-electron chi connectivity index (χ3n) is 9.84. The Labute approximate surface area is 345 Å². The van der Waals surface area contributed by atoms with E-state index in [0.29, 0.717) is 23.3 Å². The number of carbonyl (C=O) groups excluding carboxylic acids is 1. The zero-order valence-corrected chi connectivity index (χ0v) is 35.7. The third-order valence-corrected chi connectivity index (χ3v) is 9.84. The molecule has 318 valence electrons. The molecule has 0 aliphatic heterocycles. The summed E-state index contributed by atoms with van der Waals surface area (Å²) in [4.78, 5) is 45.7. The molecule has 2 N–H and O–H groups in total. The van der Waals surface area contributed by atoms with Crippen molar-refractivity contribution in [1.29, 1.82) is 0 Å². The molecule has 58 heavy (non-hydrogen) atoms. The number of aromatic hydroxyl groups is 1. The summed E-state index contributed by atoms with van der Waals surface area (Å²) in [5, 5.41) is 19.2. The van der Waals surface area contributed by atoms with Crippen LogP contribution in [-0.4, -0.2) is 22.2 Å². The van der Waals surface area contributed by atoms with Crippen molar-refractivity contribution in [3.63, 3.8) is 0 Å². The van der Waals surface area contributed by atoms with Gasteiger partial charge in [0.2, 0.25) is 0 Å². The van der Waals surface area contributed by atoms with Gasteiger partial charge in [0.25, 0.3) is 0 Å². The van der Waals surface area contributed by atoms with Crippen LogP contribution < -0.4 is 16.0 Å². The number of allylic oxidation sites excluding steroid dienone is 3. The van der Waals surface area contributed by atoms with Gasteiger partial charge in [0.05, 0.1) is 5.92 Å². The number of aryl methyl sites for hydroxylation is 2. The average molecular weight is 801 g/mol. The first-order valence-corrected chi connectivity index (χ1v) is 21.5. The number of ether oxygens (including phenoxy) is 1. The Kier molecular flexibility index (Phi) is 24.9. The Morgan fingerprint density at radius 3 is 1.78 bits per heavy atom. The fraction of sp³-hybridized carbons (Fsp3) is 0.510. The van der Waals surface area contributed by atoms with Gasteiger partial charge >= 0.3 is 23.2 Å². The first-order chi connectivity index (χ1) is 28.0. The van der Waals surface area contributed by atoms with E-state index in [-0.39, 0.29) is 17.6 Å². The van der Waals surface area contributed by atoms with Gasteiger partial charge in [-0.15, -0.1) is 0 Å². The van der Waals surface area contributed by atoms with Gasteiger partial charge in [-0.3, -0.25) is 9.59 Å². The summed E-state index contributed by atoms with van der Waals surface area (Å²) in [5.41, 5.74) is 1.77. The number of benzene rings is 2. The number of phenols is 1. The minimum Gasteiger partial charge on any atom is -0.508 e. The standard InChI is InChI=1S/C28H40O4.C11H20O2.C10H8O3/c1-4-6-8-10-11-12-13-15-17-23(16-14-9-7-5-2)28(30)31-24-18-19-25-22(3)20-27(29)32-26(25)21-24;1-2-3-4-5-6-7-8-9-10-11(12)13;1-6-4-10(12)13-9-5-7(11)2-3-8(6)9/h15,17-21,23H,4-14,16H2,1-3H3;2-3H,4-10H2,1H3,(H,12,13);2-5,11H,1H3/b17-15-;3-2-;. The highest BCUT2D eigenvalue weighted by atomic mass is 16.5. The summed E-state index contributed by atoms with van der Waals surface area (Å²) in [6, 6.07) is 12.9. The summed E-state index contributed by atoms with van der Waals surface area (Å²) in [6.45, 7) is 10.2. The highest BCUT2D eigenvalue weighted by Gasteiger charge is 2.18. The van der Waals surface area contributed by atoms with Gasteiger partial charge in [0, 0.05) is 41.5 Å². The molecule has 0 spiro atoms. The number of fused-ring (bicyclic) bond motifs is 2. The fourth-order valence-corrected chi connectivity index (χ4v) is 6.50. The first kappa shape index (κ1) is 49.2. The van der Waals surface area contributed by atoms with Crippen LogP contribution in [0.3, 0.4) is 0 Å². The van der Waals surface area contributed by atoms with Crippen LogP contribution in [0.25, 0.3) is 21.9 Å². The minimum absolute atomic E-state index is 0.0984. The Balaban J connectivity index is 0.000000363. The van der Waals surface area contributed by atoms with Crippen molar-refractivity contribution in [1.82, 2.24) is 0 Å². The molecule has 2 aromatic heterocycles. The second kappa shape index (κ2) is 29.3. The molecule has 0 saturated heterocycles. The molecule has 2 aromatic carbocycles. The number of esters is 1. The third kappa shape index (κ3) is 20.5. The summed E-state index contributed by atoms with van der Waals surface area (Å²) in [6.07, 6.45) is 29.4. The van der Waals surface area contributed by atoms with Crippen molar-refractivity contribution in [2.45, 2.75) is 157 Å². The zero-order valence-electron chi connectivity index (χ0n) is 35.7. The van der Waals surface area contributed by atoms with Gasteiger partial charge in [-0.1, -0.05) is 115 Å². The number of carbonyl (C=O) groups is 2. The van der Waals surface area contributed by atoms with Crippen LogP contribution in [0.5, 0.6) is 11.5 Å². The summed E-state index contributed by atoms with van der Waals surface area (Å²) in [5.74, 6) is -0.642. The van der Waals surface area contributed by atoms with E-state index in [1.54, 1.807) is 24.3 Å². The Morgan fingerprint density at radius 2 is 1.19 bits per heavy atom. The molecule has 0 aliphatic rings.